The smallest absolute Gasteiger partial charge is 0.0208 e. The van der Waals surface area contributed by atoms with Crippen LogP contribution in [0.5, 0.6) is 0 Å². The number of halogens is 1. The highest BCUT2D eigenvalue weighted by Gasteiger charge is 2.23. The van der Waals surface area contributed by atoms with Gasteiger partial charge in [-0.1, -0.05) is 11.6 Å². The van der Waals surface area contributed by atoms with Gasteiger partial charge in [0, 0.05) is 37.3 Å². The summed E-state index contributed by atoms with van der Waals surface area (Å²) in [6, 6.07) is 1.21. The molecule has 1 rings (SSSR count). The molecule has 2 unspecified atom stereocenters. The van der Waals surface area contributed by atoms with E-state index in [4.69, 9.17) is 11.6 Å². The molecular formula is C10H19ClN2. The Bertz CT molecular complexity index is 181. The minimum Gasteiger partial charge on any atom is -0.314 e. The van der Waals surface area contributed by atoms with Gasteiger partial charge in [-0.2, -0.15) is 0 Å². The van der Waals surface area contributed by atoms with Crippen LogP contribution in [0.4, 0.5) is 0 Å². The standard InChI is InChI=1S/C10H19ClN2/c1-8(4-11)7-13-9(2)5-12-6-10(13)3/h4,9-10,12H,5-7H2,1-3H3. The van der Waals surface area contributed by atoms with E-state index in [1.54, 1.807) is 5.54 Å². The van der Waals surface area contributed by atoms with Crippen molar-refractivity contribution in [3.63, 3.8) is 0 Å². The molecule has 0 aromatic carbocycles. The van der Waals surface area contributed by atoms with E-state index in [0.29, 0.717) is 12.1 Å². The molecule has 13 heavy (non-hydrogen) atoms. The van der Waals surface area contributed by atoms with E-state index in [0.717, 1.165) is 19.6 Å². The van der Waals surface area contributed by atoms with Crippen LogP contribution in [0.1, 0.15) is 20.8 Å². The van der Waals surface area contributed by atoms with Gasteiger partial charge in [0.1, 0.15) is 0 Å². The predicted molar refractivity (Wildman–Crippen MR) is 58.1 cm³/mol. The van der Waals surface area contributed by atoms with Crippen LogP contribution in [-0.4, -0.2) is 36.6 Å². The minimum atomic E-state index is 0.607. The summed E-state index contributed by atoms with van der Waals surface area (Å²) in [7, 11) is 0. The van der Waals surface area contributed by atoms with Gasteiger partial charge in [0.25, 0.3) is 0 Å². The van der Waals surface area contributed by atoms with Crippen LogP contribution in [0.2, 0.25) is 0 Å². The topological polar surface area (TPSA) is 15.3 Å². The van der Waals surface area contributed by atoms with Crippen molar-refractivity contribution < 1.29 is 0 Å². The van der Waals surface area contributed by atoms with Crippen molar-refractivity contribution >= 4 is 11.6 Å². The number of nitrogens with one attached hydrogen (secondary N) is 1. The van der Waals surface area contributed by atoms with E-state index in [1.807, 2.05) is 0 Å². The van der Waals surface area contributed by atoms with Gasteiger partial charge in [0.05, 0.1) is 0 Å². The molecular weight excluding hydrogens is 184 g/mol. The summed E-state index contributed by atoms with van der Waals surface area (Å²) in [4.78, 5) is 2.49. The average Bonchev–Trinajstić information content (AvgIpc) is 2.11. The molecule has 1 heterocycles. The minimum absolute atomic E-state index is 0.607. The van der Waals surface area contributed by atoms with Crippen molar-refractivity contribution in [2.75, 3.05) is 19.6 Å². The molecule has 2 atom stereocenters. The Morgan fingerprint density at radius 3 is 2.46 bits per heavy atom. The van der Waals surface area contributed by atoms with Gasteiger partial charge in [0.2, 0.25) is 0 Å². The van der Waals surface area contributed by atoms with Crippen LogP contribution in [0.25, 0.3) is 0 Å². The average molecular weight is 203 g/mol. The maximum atomic E-state index is 5.66. The molecule has 1 N–H and O–H groups in total. The molecule has 3 heteroatoms. The van der Waals surface area contributed by atoms with Crippen molar-refractivity contribution in [1.29, 1.82) is 0 Å². The Labute approximate surface area is 85.9 Å². The third-order valence-electron chi connectivity index (χ3n) is 2.63. The second-order valence-corrected chi connectivity index (χ2v) is 4.20. The van der Waals surface area contributed by atoms with E-state index in [1.165, 1.54) is 5.57 Å². The van der Waals surface area contributed by atoms with Crippen molar-refractivity contribution in [3.8, 4) is 0 Å². The molecule has 2 nitrogen and oxygen atoms in total. The van der Waals surface area contributed by atoms with Crippen LogP contribution >= 0.6 is 11.6 Å². The summed E-state index contributed by atoms with van der Waals surface area (Å²) in [5.41, 5.74) is 2.92. The first-order valence-electron chi connectivity index (χ1n) is 4.87. The zero-order valence-electron chi connectivity index (χ0n) is 8.68. The van der Waals surface area contributed by atoms with E-state index in [-0.39, 0.29) is 0 Å². The molecule has 0 spiro atoms. The molecule has 0 bridgehead atoms. The van der Waals surface area contributed by atoms with Gasteiger partial charge in [-0.3, -0.25) is 4.90 Å². The predicted octanol–water partition coefficient (Wildman–Crippen LogP) is 1.81. The summed E-state index contributed by atoms with van der Waals surface area (Å²) in [5, 5.41) is 3.41. The van der Waals surface area contributed by atoms with Gasteiger partial charge in [-0.15, -0.1) is 0 Å². The largest absolute Gasteiger partial charge is 0.314 e. The van der Waals surface area contributed by atoms with Gasteiger partial charge in [-0.25, -0.2) is 0 Å². The molecule has 0 aliphatic carbocycles. The monoisotopic (exact) mass is 202 g/mol. The Hall–Kier alpha value is -0.0500. The molecule has 0 radical (unpaired) electrons. The Kier molecular flexibility index (Phi) is 4.23. The lowest BCUT2D eigenvalue weighted by molar-refractivity contribution is 0.129. The third-order valence-corrected chi connectivity index (χ3v) is 3.00. The van der Waals surface area contributed by atoms with E-state index < -0.39 is 0 Å². The van der Waals surface area contributed by atoms with Gasteiger partial charge in [0.15, 0.2) is 0 Å². The molecule has 1 fully saturated rings. The fraction of sp³-hybridized carbons (Fsp3) is 0.800. The second-order valence-electron chi connectivity index (χ2n) is 3.98. The fourth-order valence-electron chi connectivity index (χ4n) is 1.80. The molecule has 1 aliphatic rings. The molecule has 0 aromatic heterocycles. The van der Waals surface area contributed by atoms with E-state index in [2.05, 4.69) is 31.0 Å². The second kappa shape index (κ2) is 4.99. The molecule has 1 aliphatic heterocycles. The highest BCUT2D eigenvalue weighted by molar-refractivity contribution is 6.25. The van der Waals surface area contributed by atoms with Crippen LogP contribution in [-0.2, 0) is 0 Å². The molecule has 1 saturated heterocycles. The first-order chi connectivity index (χ1) is 6.15. The summed E-state index contributed by atoms with van der Waals surface area (Å²) in [6.45, 7) is 9.75. The maximum absolute atomic E-state index is 5.66. The molecule has 76 valence electrons. The summed E-state index contributed by atoms with van der Waals surface area (Å²) < 4.78 is 0. The number of hydrogen-bond acceptors (Lipinski definition) is 2. The van der Waals surface area contributed by atoms with Crippen LogP contribution < -0.4 is 5.32 Å². The maximum Gasteiger partial charge on any atom is 0.0208 e. The van der Waals surface area contributed by atoms with Gasteiger partial charge < -0.3 is 5.32 Å². The number of piperazine rings is 1. The van der Waals surface area contributed by atoms with Crippen LogP contribution in [0, 0.1) is 0 Å². The SMILES string of the molecule is CC(=CCl)CN1C(C)CNCC1C. The highest BCUT2D eigenvalue weighted by atomic mass is 35.5. The van der Waals surface area contributed by atoms with E-state index >= 15 is 0 Å². The normalized spacial score (nSPS) is 32.2. The Balaban J connectivity index is 2.53. The lowest BCUT2D eigenvalue weighted by Gasteiger charge is -2.39. The van der Waals surface area contributed by atoms with Gasteiger partial charge >= 0.3 is 0 Å². The summed E-state index contributed by atoms with van der Waals surface area (Å²) >= 11 is 5.66. The van der Waals surface area contributed by atoms with Gasteiger partial charge in [-0.05, 0) is 26.3 Å². The fourth-order valence-corrected chi connectivity index (χ4v) is 1.87. The first kappa shape index (κ1) is 11.0. The molecule has 0 aromatic rings. The first-order valence-corrected chi connectivity index (χ1v) is 5.31. The zero-order chi connectivity index (χ0) is 9.84. The quantitative estimate of drug-likeness (QED) is 0.735. The van der Waals surface area contributed by atoms with Crippen LogP contribution in [0.15, 0.2) is 11.1 Å². The number of nitrogens with zero attached hydrogens (tertiary/aromatic N) is 1. The van der Waals surface area contributed by atoms with Crippen molar-refractivity contribution in [3.05, 3.63) is 11.1 Å². The molecule has 0 amide bonds. The van der Waals surface area contributed by atoms with Crippen molar-refractivity contribution in [1.82, 2.24) is 10.2 Å². The van der Waals surface area contributed by atoms with E-state index in [9.17, 15) is 0 Å². The zero-order valence-corrected chi connectivity index (χ0v) is 9.43. The lowest BCUT2D eigenvalue weighted by atomic mass is 10.1. The van der Waals surface area contributed by atoms with Crippen molar-refractivity contribution in [2.24, 2.45) is 0 Å². The summed E-state index contributed by atoms with van der Waals surface area (Å²) in [5.74, 6) is 0. The third kappa shape index (κ3) is 2.97. The molecule has 0 saturated carbocycles. The number of rotatable bonds is 2. The lowest BCUT2D eigenvalue weighted by Crippen LogP contribution is -2.55. The Morgan fingerprint density at radius 2 is 2.00 bits per heavy atom. The highest BCUT2D eigenvalue weighted by Crippen LogP contribution is 2.12. The van der Waals surface area contributed by atoms with Crippen molar-refractivity contribution in [2.45, 2.75) is 32.9 Å². The summed E-state index contributed by atoms with van der Waals surface area (Å²) in [6.07, 6.45) is 0. The Morgan fingerprint density at radius 1 is 1.46 bits per heavy atom. The number of hydrogen-bond donors (Lipinski definition) is 1. The van der Waals surface area contributed by atoms with Crippen LogP contribution in [0.3, 0.4) is 0 Å².